The molecule has 0 saturated heterocycles. The number of carboxylic acid groups (broad SMARTS) is 1. The molecule has 2 fully saturated rings. The van der Waals surface area contributed by atoms with Crippen molar-refractivity contribution in [1.82, 2.24) is 15.0 Å². The molecule has 0 unspecified atom stereocenters. The maximum atomic E-state index is 13.3. The van der Waals surface area contributed by atoms with Crippen molar-refractivity contribution in [3.63, 3.8) is 0 Å². The number of carbonyl (C=O) groups excluding carboxylic acids is 1. The maximum absolute atomic E-state index is 13.3. The van der Waals surface area contributed by atoms with Crippen molar-refractivity contribution >= 4 is 44.0 Å². The SMILES string of the molecule is CC(C)(C)NS(=O)(=O)c1ccc(-c2sc(C(=O)NC3CC(CC(=O)O)C3)nc2C2CCCCC2)c2ccccc12. The Kier molecular flexibility index (Phi) is 8.05. The van der Waals surface area contributed by atoms with Crippen molar-refractivity contribution in [3.8, 4) is 10.4 Å². The molecule has 0 aliphatic heterocycles. The number of carboxylic acids is 1. The van der Waals surface area contributed by atoms with Crippen LogP contribution < -0.4 is 10.0 Å². The number of hydrogen-bond donors (Lipinski definition) is 3. The summed E-state index contributed by atoms with van der Waals surface area (Å²) in [5, 5.41) is 13.9. The van der Waals surface area contributed by atoms with Crippen LogP contribution in [-0.2, 0) is 14.8 Å². The van der Waals surface area contributed by atoms with Crippen molar-refractivity contribution in [2.24, 2.45) is 5.92 Å². The molecule has 0 bridgehead atoms. The fraction of sp³-hybridized carbons (Fsp3) is 0.500. The first kappa shape index (κ1) is 28.7. The topological polar surface area (TPSA) is 125 Å². The van der Waals surface area contributed by atoms with Gasteiger partial charge in [-0.25, -0.2) is 18.1 Å². The van der Waals surface area contributed by atoms with Gasteiger partial charge in [0.05, 0.1) is 15.5 Å². The number of nitrogens with one attached hydrogen (secondary N) is 2. The number of benzene rings is 2. The highest BCUT2D eigenvalue weighted by Gasteiger charge is 2.34. The van der Waals surface area contributed by atoms with E-state index >= 15 is 0 Å². The van der Waals surface area contributed by atoms with E-state index in [1.165, 1.54) is 17.8 Å². The number of nitrogens with zero attached hydrogens (tertiary/aromatic N) is 1. The predicted molar refractivity (Wildman–Crippen MR) is 157 cm³/mol. The number of amides is 1. The number of rotatable bonds is 8. The van der Waals surface area contributed by atoms with E-state index in [9.17, 15) is 18.0 Å². The molecule has 40 heavy (non-hydrogen) atoms. The second kappa shape index (κ2) is 11.2. The van der Waals surface area contributed by atoms with Gasteiger partial charge in [0.15, 0.2) is 5.01 Å². The molecule has 1 aromatic heterocycles. The highest BCUT2D eigenvalue weighted by molar-refractivity contribution is 7.89. The first-order valence-electron chi connectivity index (χ1n) is 14.0. The van der Waals surface area contributed by atoms with Crippen LogP contribution in [0.2, 0.25) is 0 Å². The summed E-state index contributed by atoms with van der Waals surface area (Å²) in [7, 11) is -3.77. The summed E-state index contributed by atoms with van der Waals surface area (Å²) in [5.41, 5.74) is 1.18. The molecule has 10 heteroatoms. The van der Waals surface area contributed by atoms with Gasteiger partial charge in [0, 0.05) is 34.9 Å². The number of thiazole rings is 1. The molecule has 1 heterocycles. The summed E-state index contributed by atoms with van der Waals surface area (Å²) >= 11 is 1.36. The normalized spacial score (nSPS) is 20.3. The molecule has 5 rings (SSSR count). The monoisotopic (exact) mass is 583 g/mol. The lowest BCUT2D eigenvalue weighted by molar-refractivity contribution is -0.138. The lowest BCUT2D eigenvalue weighted by atomic mass is 9.78. The molecule has 2 aliphatic carbocycles. The zero-order chi connectivity index (χ0) is 28.7. The van der Waals surface area contributed by atoms with E-state index in [-0.39, 0.29) is 35.1 Å². The van der Waals surface area contributed by atoms with Gasteiger partial charge in [0.1, 0.15) is 0 Å². The molecule has 0 atom stereocenters. The predicted octanol–water partition coefficient (Wildman–Crippen LogP) is 6.07. The van der Waals surface area contributed by atoms with Crippen LogP contribution in [0.25, 0.3) is 21.2 Å². The van der Waals surface area contributed by atoms with Gasteiger partial charge in [0.25, 0.3) is 5.91 Å². The second-order valence-corrected chi connectivity index (χ2v) is 14.8. The van der Waals surface area contributed by atoms with Gasteiger partial charge in [-0.2, -0.15) is 0 Å². The minimum atomic E-state index is -3.77. The van der Waals surface area contributed by atoms with E-state index in [0.717, 1.165) is 47.2 Å². The minimum absolute atomic E-state index is 0.0389. The Morgan fingerprint density at radius 2 is 1.70 bits per heavy atom. The molecule has 3 N–H and O–H groups in total. The minimum Gasteiger partial charge on any atom is -0.481 e. The van der Waals surface area contributed by atoms with Crippen molar-refractivity contribution in [1.29, 1.82) is 0 Å². The van der Waals surface area contributed by atoms with Gasteiger partial charge in [-0.3, -0.25) is 9.59 Å². The maximum Gasteiger partial charge on any atom is 0.303 e. The van der Waals surface area contributed by atoms with Crippen LogP contribution in [0.3, 0.4) is 0 Å². The molecule has 3 aromatic rings. The Balaban J connectivity index is 1.52. The van der Waals surface area contributed by atoms with Gasteiger partial charge in [-0.05, 0) is 63.8 Å². The number of aromatic nitrogens is 1. The number of sulfonamides is 1. The zero-order valence-electron chi connectivity index (χ0n) is 23.2. The van der Waals surface area contributed by atoms with Crippen LogP contribution in [0.4, 0.5) is 0 Å². The number of hydrogen-bond acceptors (Lipinski definition) is 6. The summed E-state index contributed by atoms with van der Waals surface area (Å²) in [6.07, 6.45) is 6.90. The molecule has 2 aromatic carbocycles. The van der Waals surface area contributed by atoms with E-state index in [1.54, 1.807) is 6.07 Å². The lowest BCUT2D eigenvalue weighted by Crippen LogP contribution is -2.44. The average Bonchev–Trinajstić information content (AvgIpc) is 3.31. The molecule has 1 amide bonds. The van der Waals surface area contributed by atoms with Crippen molar-refractivity contribution in [3.05, 3.63) is 47.1 Å². The smallest absolute Gasteiger partial charge is 0.303 e. The third-order valence-corrected chi connectivity index (χ3v) is 10.7. The van der Waals surface area contributed by atoms with Gasteiger partial charge < -0.3 is 10.4 Å². The van der Waals surface area contributed by atoms with Gasteiger partial charge in [-0.15, -0.1) is 11.3 Å². The molecular formula is C30H37N3O5S2. The van der Waals surface area contributed by atoms with Crippen LogP contribution in [0.15, 0.2) is 41.3 Å². The van der Waals surface area contributed by atoms with Crippen LogP contribution in [0, 0.1) is 5.92 Å². The molecule has 8 nitrogen and oxygen atoms in total. The second-order valence-electron chi connectivity index (χ2n) is 12.2. The average molecular weight is 584 g/mol. The van der Waals surface area contributed by atoms with Crippen molar-refractivity contribution in [2.75, 3.05) is 0 Å². The third kappa shape index (κ3) is 6.24. The Labute approximate surface area is 239 Å². The van der Waals surface area contributed by atoms with Crippen LogP contribution >= 0.6 is 11.3 Å². The summed E-state index contributed by atoms with van der Waals surface area (Å²) in [6.45, 7) is 5.45. The number of aliphatic carboxylic acids is 1. The van der Waals surface area contributed by atoms with Crippen molar-refractivity contribution < 1.29 is 23.1 Å². The van der Waals surface area contributed by atoms with Gasteiger partial charge in [0.2, 0.25) is 10.0 Å². The third-order valence-electron chi connectivity index (χ3n) is 7.73. The first-order valence-corrected chi connectivity index (χ1v) is 16.3. The van der Waals surface area contributed by atoms with Crippen LogP contribution in [0.5, 0.6) is 0 Å². The van der Waals surface area contributed by atoms with Crippen LogP contribution in [-0.4, -0.2) is 42.0 Å². The largest absolute Gasteiger partial charge is 0.481 e. The number of fused-ring (bicyclic) bond motifs is 1. The van der Waals surface area contributed by atoms with Gasteiger partial charge in [-0.1, -0.05) is 49.6 Å². The molecule has 0 spiro atoms. The zero-order valence-corrected chi connectivity index (χ0v) is 24.8. The van der Waals surface area contributed by atoms with E-state index in [0.29, 0.717) is 23.2 Å². The van der Waals surface area contributed by atoms with E-state index in [1.807, 2.05) is 51.1 Å². The molecule has 214 valence electrons. The highest BCUT2D eigenvalue weighted by atomic mass is 32.2. The molecule has 2 saturated carbocycles. The van der Waals surface area contributed by atoms with E-state index in [2.05, 4.69) is 10.0 Å². The van der Waals surface area contributed by atoms with Crippen LogP contribution in [0.1, 0.15) is 93.6 Å². The van der Waals surface area contributed by atoms with E-state index < -0.39 is 21.5 Å². The highest BCUT2D eigenvalue weighted by Crippen LogP contribution is 2.44. The Hall–Kier alpha value is -2.82. The molecular weight excluding hydrogens is 546 g/mol. The lowest BCUT2D eigenvalue weighted by Gasteiger charge is -2.34. The Morgan fingerprint density at radius 1 is 1.02 bits per heavy atom. The summed E-state index contributed by atoms with van der Waals surface area (Å²) in [6, 6.07) is 11.0. The number of carbonyl (C=O) groups is 2. The van der Waals surface area contributed by atoms with E-state index in [4.69, 9.17) is 10.1 Å². The Morgan fingerprint density at radius 3 is 2.35 bits per heavy atom. The van der Waals surface area contributed by atoms with Crippen molar-refractivity contribution in [2.45, 2.75) is 94.5 Å². The fourth-order valence-electron chi connectivity index (χ4n) is 5.95. The summed E-state index contributed by atoms with van der Waals surface area (Å²) < 4.78 is 29.4. The first-order chi connectivity index (χ1) is 18.9. The summed E-state index contributed by atoms with van der Waals surface area (Å²) in [5.74, 6) is -0.696. The quantitative estimate of drug-likeness (QED) is 0.296. The summed E-state index contributed by atoms with van der Waals surface area (Å²) in [4.78, 5) is 30.3. The Bertz CT molecular complexity index is 1530. The van der Waals surface area contributed by atoms with Gasteiger partial charge >= 0.3 is 5.97 Å². The molecule has 2 aliphatic rings. The fourth-order valence-corrected chi connectivity index (χ4v) is 8.68. The molecule has 0 radical (unpaired) electrons. The standard InChI is InChI=1S/C30H37N3O5S2/c1-30(2,3)33-40(37,38)24-14-13-23(21-11-7-8-12-22(21)24)27-26(19-9-5-4-6-10-19)32-29(39-27)28(36)31-20-15-18(16-20)17-25(34)35/h7-8,11-14,18-20,33H,4-6,9-10,15-17H2,1-3H3,(H,31,36)(H,34,35).